The number of rotatable bonds is 3. The molecule has 0 radical (unpaired) electrons. The molecule has 0 unspecified atom stereocenters. The van der Waals surface area contributed by atoms with Crippen molar-refractivity contribution in [3.63, 3.8) is 0 Å². The molecule has 0 saturated heterocycles. The first kappa shape index (κ1) is 19.5. The van der Waals surface area contributed by atoms with Gasteiger partial charge in [-0.3, -0.25) is 0 Å². The van der Waals surface area contributed by atoms with E-state index in [2.05, 4.69) is 83.4 Å². The van der Waals surface area contributed by atoms with Crippen LogP contribution in [0.3, 0.4) is 0 Å². The monoisotopic (exact) mass is 457 g/mol. The van der Waals surface area contributed by atoms with Crippen LogP contribution < -0.4 is 0 Å². The van der Waals surface area contributed by atoms with Crippen LogP contribution in [0.4, 0.5) is 0 Å². The highest BCUT2D eigenvalue weighted by Gasteiger charge is 2.19. The van der Waals surface area contributed by atoms with E-state index in [-0.39, 0.29) is 0 Å². The van der Waals surface area contributed by atoms with Crippen LogP contribution in [0.1, 0.15) is 11.1 Å². The number of benzene rings is 5. The fourth-order valence-corrected chi connectivity index (χ4v) is 5.36. The summed E-state index contributed by atoms with van der Waals surface area (Å²) in [6.07, 6.45) is 0.781. The predicted octanol–water partition coefficient (Wildman–Crippen LogP) is 8.93. The lowest BCUT2D eigenvalue weighted by atomic mass is 10.0. The van der Waals surface area contributed by atoms with Crippen LogP contribution in [0.15, 0.2) is 114 Å². The summed E-state index contributed by atoms with van der Waals surface area (Å²) in [5.41, 5.74) is 7.65. The maximum atomic E-state index is 6.48. The molecule has 0 fully saturated rings. The van der Waals surface area contributed by atoms with E-state index in [1.54, 1.807) is 0 Å². The first-order valence-corrected chi connectivity index (χ1v) is 11.8. The molecular formula is C31H20ClNO. The van der Waals surface area contributed by atoms with Gasteiger partial charge in [-0.1, -0.05) is 72.3 Å². The molecule has 2 heterocycles. The van der Waals surface area contributed by atoms with Gasteiger partial charge in [-0.2, -0.15) is 0 Å². The number of fused-ring (bicyclic) bond motifs is 7. The van der Waals surface area contributed by atoms with Crippen molar-refractivity contribution in [1.29, 1.82) is 0 Å². The van der Waals surface area contributed by atoms with Gasteiger partial charge < -0.3 is 8.98 Å². The Bertz CT molecular complexity index is 1840. The molecule has 0 amide bonds. The van der Waals surface area contributed by atoms with E-state index in [0.29, 0.717) is 0 Å². The lowest BCUT2D eigenvalue weighted by Crippen LogP contribution is -1.93. The molecule has 5 aromatic carbocycles. The number of aromatic nitrogens is 1. The molecule has 0 aliphatic heterocycles. The SMILES string of the molecule is Clc1ccccc1Cc1ccc2c(c1)c1c3oc4ccccc4c3ccc1n2-c1ccccc1. The third kappa shape index (κ3) is 2.89. The second kappa shape index (κ2) is 7.51. The van der Waals surface area contributed by atoms with Gasteiger partial charge in [-0.15, -0.1) is 0 Å². The Labute approximate surface area is 201 Å². The van der Waals surface area contributed by atoms with Crippen LogP contribution in [0.5, 0.6) is 0 Å². The average Bonchev–Trinajstić information content (AvgIpc) is 3.41. The molecule has 0 N–H and O–H groups in total. The van der Waals surface area contributed by atoms with E-state index in [0.717, 1.165) is 61.1 Å². The van der Waals surface area contributed by atoms with Gasteiger partial charge in [-0.25, -0.2) is 0 Å². The molecule has 2 nitrogen and oxygen atoms in total. The normalized spacial score (nSPS) is 11.8. The summed E-state index contributed by atoms with van der Waals surface area (Å²) in [7, 11) is 0. The molecule has 0 bridgehead atoms. The third-order valence-electron chi connectivity index (χ3n) is 6.70. The van der Waals surface area contributed by atoms with Crippen molar-refractivity contribution >= 4 is 55.3 Å². The predicted molar refractivity (Wildman–Crippen MR) is 142 cm³/mol. The highest BCUT2D eigenvalue weighted by Crippen LogP contribution is 2.40. The van der Waals surface area contributed by atoms with Gasteiger partial charge in [0.2, 0.25) is 0 Å². The van der Waals surface area contributed by atoms with Crippen LogP contribution in [0.2, 0.25) is 5.02 Å². The topological polar surface area (TPSA) is 18.1 Å². The van der Waals surface area contributed by atoms with Crippen molar-refractivity contribution in [2.75, 3.05) is 0 Å². The van der Waals surface area contributed by atoms with E-state index in [1.165, 1.54) is 10.9 Å². The molecule has 0 atom stereocenters. The quantitative estimate of drug-likeness (QED) is 0.259. The number of hydrogen-bond acceptors (Lipinski definition) is 1. The molecule has 162 valence electrons. The fraction of sp³-hybridized carbons (Fsp3) is 0.0323. The second-order valence-electron chi connectivity index (χ2n) is 8.73. The number of hydrogen-bond donors (Lipinski definition) is 0. The van der Waals surface area contributed by atoms with Crippen molar-refractivity contribution in [3.8, 4) is 5.69 Å². The average molecular weight is 458 g/mol. The first-order chi connectivity index (χ1) is 16.8. The third-order valence-corrected chi connectivity index (χ3v) is 7.07. The van der Waals surface area contributed by atoms with Gasteiger partial charge in [0.1, 0.15) is 11.2 Å². The Kier molecular flexibility index (Phi) is 4.30. The summed E-state index contributed by atoms with van der Waals surface area (Å²) < 4.78 is 8.80. The summed E-state index contributed by atoms with van der Waals surface area (Å²) in [5.74, 6) is 0. The van der Waals surface area contributed by atoms with Crippen molar-refractivity contribution < 1.29 is 4.42 Å². The zero-order valence-electron chi connectivity index (χ0n) is 18.3. The van der Waals surface area contributed by atoms with E-state index < -0.39 is 0 Å². The zero-order chi connectivity index (χ0) is 22.6. The van der Waals surface area contributed by atoms with Crippen molar-refractivity contribution in [1.82, 2.24) is 4.57 Å². The first-order valence-electron chi connectivity index (χ1n) is 11.4. The summed E-state index contributed by atoms with van der Waals surface area (Å²) >= 11 is 6.48. The minimum absolute atomic E-state index is 0.781. The number of halogens is 1. The van der Waals surface area contributed by atoms with E-state index in [4.69, 9.17) is 16.0 Å². The molecule has 2 aromatic heterocycles. The molecule has 3 heteroatoms. The summed E-state index contributed by atoms with van der Waals surface area (Å²) in [6, 6.07) is 38.0. The lowest BCUT2D eigenvalue weighted by Gasteiger charge is -2.08. The molecular weight excluding hydrogens is 438 g/mol. The Morgan fingerprint density at radius 2 is 1.41 bits per heavy atom. The highest BCUT2D eigenvalue weighted by atomic mass is 35.5. The van der Waals surface area contributed by atoms with Crippen molar-refractivity contribution in [3.05, 3.63) is 125 Å². The maximum Gasteiger partial charge on any atom is 0.145 e. The van der Waals surface area contributed by atoms with E-state index >= 15 is 0 Å². The van der Waals surface area contributed by atoms with Crippen LogP contribution in [0.25, 0.3) is 49.4 Å². The molecule has 0 spiro atoms. The Balaban J connectivity index is 1.58. The smallest absolute Gasteiger partial charge is 0.145 e. The van der Waals surface area contributed by atoms with Crippen molar-refractivity contribution in [2.24, 2.45) is 0 Å². The van der Waals surface area contributed by atoms with Gasteiger partial charge in [0.15, 0.2) is 0 Å². The van der Waals surface area contributed by atoms with Gasteiger partial charge in [0, 0.05) is 26.9 Å². The molecule has 0 aliphatic carbocycles. The Morgan fingerprint density at radius 1 is 0.647 bits per heavy atom. The molecule has 0 saturated carbocycles. The fourth-order valence-electron chi connectivity index (χ4n) is 5.16. The van der Waals surface area contributed by atoms with Crippen LogP contribution in [-0.2, 0) is 6.42 Å². The highest BCUT2D eigenvalue weighted by molar-refractivity contribution is 6.31. The second-order valence-corrected chi connectivity index (χ2v) is 9.13. The zero-order valence-corrected chi connectivity index (χ0v) is 19.1. The lowest BCUT2D eigenvalue weighted by molar-refractivity contribution is 0.673. The van der Waals surface area contributed by atoms with Crippen molar-refractivity contribution in [2.45, 2.75) is 6.42 Å². The van der Waals surface area contributed by atoms with E-state index in [9.17, 15) is 0 Å². The summed E-state index contributed by atoms with van der Waals surface area (Å²) in [4.78, 5) is 0. The van der Waals surface area contributed by atoms with Gasteiger partial charge in [0.05, 0.1) is 16.4 Å². The molecule has 7 aromatic rings. The Morgan fingerprint density at radius 3 is 2.29 bits per heavy atom. The summed E-state index contributed by atoms with van der Waals surface area (Å²) in [5, 5.41) is 5.43. The number of nitrogens with zero attached hydrogens (tertiary/aromatic N) is 1. The maximum absolute atomic E-state index is 6.48. The largest absolute Gasteiger partial charge is 0.455 e. The van der Waals surface area contributed by atoms with Crippen LogP contribution >= 0.6 is 11.6 Å². The van der Waals surface area contributed by atoms with Gasteiger partial charge in [0.25, 0.3) is 0 Å². The van der Waals surface area contributed by atoms with Gasteiger partial charge in [-0.05, 0) is 66.1 Å². The standard InChI is InChI=1S/C31H20ClNO/c32-26-12-6-4-8-21(26)18-20-14-16-27-25(19-20)30-28(33(27)22-9-2-1-3-10-22)17-15-24-23-11-5-7-13-29(23)34-31(24)30/h1-17,19H,18H2. The molecule has 7 rings (SSSR count). The Hall–Kier alpha value is -4.01. The molecule has 0 aliphatic rings. The minimum atomic E-state index is 0.781. The molecule has 34 heavy (non-hydrogen) atoms. The van der Waals surface area contributed by atoms with Gasteiger partial charge >= 0.3 is 0 Å². The van der Waals surface area contributed by atoms with E-state index in [1.807, 2.05) is 30.3 Å². The van der Waals surface area contributed by atoms with Crippen LogP contribution in [0, 0.1) is 0 Å². The number of para-hydroxylation sites is 2. The number of furan rings is 1. The van der Waals surface area contributed by atoms with Crippen LogP contribution in [-0.4, -0.2) is 4.57 Å². The summed E-state index contributed by atoms with van der Waals surface area (Å²) in [6.45, 7) is 0. The minimum Gasteiger partial charge on any atom is -0.455 e.